The lowest BCUT2D eigenvalue weighted by atomic mass is 10.1. The Kier molecular flexibility index (Phi) is 4.25. The van der Waals surface area contributed by atoms with E-state index < -0.39 is 15.9 Å². The molecule has 0 aromatic heterocycles. The van der Waals surface area contributed by atoms with Crippen LogP contribution in [-0.4, -0.2) is 61.8 Å². The van der Waals surface area contributed by atoms with Crippen molar-refractivity contribution in [1.29, 1.82) is 0 Å². The first kappa shape index (κ1) is 15.2. The highest BCUT2D eigenvalue weighted by atomic mass is 35.5. The average Bonchev–Trinajstić information content (AvgIpc) is 2.73. The fourth-order valence-electron chi connectivity index (χ4n) is 3.05. The third-order valence-electron chi connectivity index (χ3n) is 4.11. The van der Waals surface area contributed by atoms with Gasteiger partial charge in [-0.2, -0.15) is 0 Å². The molecule has 3 atom stereocenters. The molecule has 2 fully saturated rings. The van der Waals surface area contributed by atoms with Crippen LogP contribution < -0.4 is 0 Å². The Bertz CT molecular complexity index is 621. The second-order valence-corrected chi connectivity index (χ2v) is 8.15. The third-order valence-corrected chi connectivity index (χ3v) is 6.16. The van der Waals surface area contributed by atoms with E-state index in [2.05, 4.69) is 0 Å². The van der Waals surface area contributed by atoms with Gasteiger partial charge in [0, 0.05) is 23.7 Å². The van der Waals surface area contributed by atoms with Gasteiger partial charge in [0.05, 0.1) is 36.4 Å². The SMILES string of the molecule is O=S1(=O)C[C@H](O)[C@@H](N2CCO[C@@H](c3ccccc3Cl)C2)C1. The van der Waals surface area contributed by atoms with Crippen LogP contribution in [-0.2, 0) is 14.6 Å². The second-order valence-electron chi connectivity index (χ2n) is 5.59. The number of aliphatic hydroxyl groups excluding tert-OH is 1. The monoisotopic (exact) mass is 331 g/mol. The van der Waals surface area contributed by atoms with Crippen LogP contribution in [0.2, 0.25) is 5.02 Å². The zero-order valence-corrected chi connectivity index (χ0v) is 13.1. The minimum absolute atomic E-state index is 0.0173. The van der Waals surface area contributed by atoms with Gasteiger partial charge >= 0.3 is 0 Å². The van der Waals surface area contributed by atoms with Crippen LogP contribution in [0.15, 0.2) is 24.3 Å². The van der Waals surface area contributed by atoms with E-state index in [9.17, 15) is 13.5 Å². The van der Waals surface area contributed by atoms with Crippen LogP contribution >= 0.6 is 11.6 Å². The van der Waals surface area contributed by atoms with Crippen LogP contribution in [0.25, 0.3) is 0 Å². The molecule has 7 heteroatoms. The Morgan fingerprint density at radius 1 is 1.29 bits per heavy atom. The Labute approximate surface area is 129 Å². The quantitative estimate of drug-likeness (QED) is 0.871. The molecule has 0 amide bonds. The van der Waals surface area contributed by atoms with Crippen molar-refractivity contribution in [2.45, 2.75) is 18.2 Å². The molecule has 21 heavy (non-hydrogen) atoms. The fraction of sp³-hybridized carbons (Fsp3) is 0.571. The molecule has 0 unspecified atom stereocenters. The lowest BCUT2D eigenvalue weighted by Gasteiger charge is -2.37. The number of hydrogen-bond donors (Lipinski definition) is 1. The normalized spacial score (nSPS) is 33.1. The number of rotatable bonds is 2. The number of aliphatic hydroxyl groups is 1. The number of nitrogens with zero attached hydrogens (tertiary/aromatic N) is 1. The molecule has 5 nitrogen and oxygen atoms in total. The van der Waals surface area contributed by atoms with E-state index in [1.54, 1.807) is 0 Å². The van der Waals surface area contributed by atoms with Gasteiger partial charge in [-0.15, -0.1) is 0 Å². The Morgan fingerprint density at radius 2 is 2.05 bits per heavy atom. The molecule has 0 saturated carbocycles. The number of morpholine rings is 1. The maximum absolute atomic E-state index is 11.7. The zero-order valence-electron chi connectivity index (χ0n) is 11.5. The zero-order chi connectivity index (χ0) is 15.0. The summed E-state index contributed by atoms with van der Waals surface area (Å²) >= 11 is 6.20. The highest BCUT2D eigenvalue weighted by Gasteiger charge is 2.41. The van der Waals surface area contributed by atoms with Crippen LogP contribution in [0.4, 0.5) is 0 Å². The molecule has 1 aromatic carbocycles. The van der Waals surface area contributed by atoms with Gasteiger partial charge in [0.15, 0.2) is 9.84 Å². The van der Waals surface area contributed by atoms with E-state index in [0.717, 1.165) is 5.56 Å². The molecular formula is C14H18ClNO4S. The highest BCUT2D eigenvalue weighted by Crippen LogP contribution is 2.30. The Balaban J connectivity index is 1.76. The molecule has 2 heterocycles. The third kappa shape index (κ3) is 3.24. The molecule has 116 valence electrons. The van der Waals surface area contributed by atoms with Gasteiger partial charge in [0.2, 0.25) is 0 Å². The molecule has 0 radical (unpaired) electrons. The first-order valence-corrected chi connectivity index (χ1v) is 9.15. The molecule has 2 aliphatic rings. The van der Waals surface area contributed by atoms with Crippen LogP contribution in [0, 0.1) is 0 Å². The first-order valence-electron chi connectivity index (χ1n) is 6.95. The van der Waals surface area contributed by atoms with E-state index >= 15 is 0 Å². The maximum Gasteiger partial charge on any atom is 0.154 e. The van der Waals surface area contributed by atoms with Gasteiger partial charge in [-0.05, 0) is 6.07 Å². The maximum atomic E-state index is 11.7. The minimum atomic E-state index is -3.14. The standard InChI is InChI=1S/C14H18ClNO4S/c15-11-4-2-1-3-10(11)14-7-16(5-6-20-14)12-8-21(18,19)9-13(12)17/h1-4,12-14,17H,5-9H2/t12-,13-,14+/m0/s1. The van der Waals surface area contributed by atoms with Gasteiger partial charge in [0.1, 0.15) is 0 Å². The molecular weight excluding hydrogens is 314 g/mol. The van der Waals surface area contributed by atoms with E-state index in [0.29, 0.717) is 24.7 Å². The Hall–Kier alpha value is -0.660. The van der Waals surface area contributed by atoms with E-state index in [4.69, 9.17) is 16.3 Å². The summed E-state index contributed by atoms with van der Waals surface area (Å²) < 4.78 is 29.1. The number of ether oxygens (including phenoxy) is 1. The summed E-state index contributed by atoms with van der Waals surface area (Å²) in [5.74, 6) is -0.130. The molecule has 0 bridgehead atoms. The summed E-state index contributed by atoms with van der Waals surface area (Å²) in [6.45, 7) is 1.67. The minimum Gasteiger partial charge on any atom is -0.390 e. The second kappa shape index (κ2) is 5.85. The molecule has 1 N–H and O–H groups in total. The fourth-order valence-corrected chi connectivity index (χ4v) is 5.14. The van der Waals surface area contributed by atoms with Crippen LogP contribution in [0.1, 0.15) is 11.7 Å². The Morgan fingerprint density at radius 3 is 2.71 bits per heavy atom. The first-order chi connectivity index (χ1) is 9.96. The number of benzene rings is 1. The lowest BCUT2D eigenvalue weighted by Crippen LogP contribution is -2.49. The number of halogens is 1. The smallest absolute Gasteiger partial charge is 0.154 e. The number of sulfone groups is 1. The molecule has 3 rings (SSSR count). The number of hydrogen-bond acceptors (Lipinski definition) is 5. The van der Waals surface area contributed by atoms with Crippen molar-refractivity contribution in [2.75, 3.05) is 31.2 Å². The molecule has 1 aromatic rings. The van der Waals surface area contributed by atoms with Gasteiger partial charge < -0.3 is 9.84 Å². The topological polar surface area (TPSA) is 66.8 Å². The van der Waals surface area contributed by atoms with E-state index in [1.807, 2.05) is 29.2 Å². The molecule has 2 aliphatic heterocycles. The summed E-state index contributed by atoms with van der Waals surface area (Å²) in [7, 11) is -3.14. The predicted molar refractivity (Wildman–Crippen MR) is 80.2 cm³/mol. The van der Waals surface area contributed by atoms with Crippen molar-refractivity contribution in [3.63, 3.8) is 0 Å². The largest absolute Gasteiger partial charge is 0.390 e. The lowest BCUT2D eigenvalue weighted by molar-refractivity contribution is -0.0567. The van der Waals surface area contributed by atoms with Crippen molar-refractivity contribution in [2.24, 2.45) is 0 Å². The van der Waals surface area contributed by atoms with E-state index in [-0.39, 0.29) is 23.7 Å². The molecule has 0 spiro atoms. The van der Waals surface area contributed by atoms with Gasteiger partial charge in [-0.3, -0.25) is 4.90 Å². The van der Waals surface area contributed by atoms with Crippen LogP contribution in [0.3, 0.4) is 0 Å². The summed E-state index contributed by atoms with van der Waals surface area (Å²) in [5, 5.41) is 10.6. The van der Waals surface area contributed by atoms with Gasteiger partial charge in [0.25, 0.3) is 0 Å². The van der Waals surface area contributed by atoms with Crippen molar-refractivity contribution < 1.29 is 18.3 Å². The molecule has 2 saturated heterocycles. The van der Waals surface area contributed by atoms with Crippen molar-refractivity contribution in [1.82, 2.24) is 4.90 Å². The highest BCUT2D eigenvalue weighted by molar-refractivity contribution is 7.91. The predicted octanol–water partition coefficient (Wildman–Crippen LogP) is 0.871. The molecule has 0 aliphatic carbocycles. The summed E-state index contributed by atoms with van der Waals surface area (Å²) in [6, 6.07) is 7.15. The van der Waals surface area contributed by atoms with Gasteiger partial charge in [-0.1, -0.05) is 29.8 Å². The van der Waals surface area contributed by atoms with Crippen molar-refractivity contribution >= 4 is 21.4 Å². The van der Waals surface area contributed by atoms with Gasteiger partial charge in [-0.25, -0.2) is 8.42 Å². The average molecular weight is 332 g/mol. The van der Waals surface area contributed by atoms with E-state index in [1.165, 1.54) is 0 Å². The van der Waals surface area contributed by atoms with Crippen LogP contribution in [0.5, 0.6) is 0 Å². The summed E-state index contributed by atoms with van der Waals surface area (Å²) in [6.07, 6.45) is -1.01. The summed E-state index contributed by atoms with van der Waals surface area (Å²) in [5.41, 5.74) is 0.902. The van der Waals surface area contributed by atoms with Crippen molar-refractivity contribution in [3.8, 4) is 0 Å². The van der Waals surface area contributed by atoms with Crippen molar-refractivity contribution in [3.05, 3.63) is 34.9 Å². The summed E-state index contributed by atoms with van der Waals surface area (Å²) in [4.78, 5) is 2.01.